The number of carbonyl (C=O) groups is 1. The summed E-state index contributed by atoms with van der Waals surface area (Å²) in [5.74, 6) is 1.67. The van der Waals surface area contributed by atoms with Crippen molar-refractivity contribution in [2.75, 3.05) is 21.3 Å². The predicted molar refractivity (Wildman–Crippen MR) is 116 cm³/mol. The topological polar surface area (TPSA) is 95.7 Å². The highest BCUT2D eigenvalue weighted by Gasteiger charge is 2.26. The number of carbonyl (C=O) groups excluding carboxylic acids is 1. The summed E-state index contributed by atoms with van der Waals surface area (Å²) in [6.45, 7) is 3.89. The maximum absolute atomic E-state index is 12.7. The molecule has 164 valence electrons. The van der Waals surface area contributed by atoms with E-state index in [1.807, 2.05) is 13.8 Å². The van der Waals surface area contributed by atoms with Crippen molar-refractivity contribution < 1.29 is 23.5 Å². The zero-order chi connectivity index (χ0) is 22.5. The quantitative estimate of drug-likeness (QED) is 0.543. The molecule has 31 heavy (non-hydrogen) atoms. The molecule has 1 N–H and O–H groups in total. The van der Waals surface area contributed by atoms with E-state index in [2.05, 4.69) is 15.5 Å². The highest BCUT2D eigenvalue weighted by Crippen LogP contribution is 2.40. The van der Waals surface area contributed by atoms with E-state index in [-0.39, 0.29) is 17.7 Å². The molecule has 0 aliphatic rings. The lowest BCUT2D eigenvalue weighted by Gasteiger charge is -2.18. The van der Waals surface area contributed by atoms with Crippen molar-refractivity contribution in [1.82, 2.24) is 15.5 Å². The van der Waals surface area contributed by atoms with E-state index < -0.39 is 6.04 Å². The molecule has 0 aliphatic carbocycles. The van der Waals surface area contributed by atoms with Gasteiger partial charge in [-0.1, -0.05) is 42.7 Å². The smallest absolute Gasteiger partial charge is 0.253 e. The number of halogens is 1. The zero-order valence-corrected chi connectivity index (χ0v) is 18.7. The normalized spacial score (nSPS) is 11.8. The van der Waals surface area contributed by atoms with Crippen LogP contribution < -0.4 is 19.5 Å². The van der Waals surface area contributed by atoms with Gasteiger partial charge in [-0.2, -0.15) is 4.98 Å². The Hall–Kier alpha value is -3.26. The lowest BCUT2D eigenvalue weighted by molar-refractivity contribution is 0.0914. The Morgan fingerprint density at radius 2 is 1.71 bits per heavy atom. The first-order chi connectivity index (χ1) is 14.9. The molecule has 0 spiro atoms. The van der Waals surface area contributed by atoms with Gasteiger partial charge in [-0.15, -0.1) is 0 Å². The Kier molecular flexibility index (Phi) is 7.02. The van der Waals surface area contributed by atoms with Gasteiger partial charge < -0.3 is 24.1 Å². The van der Waals surface area contributed by atoms with Crippen LogP contribution in [-0.2, 0) is 0 Å². The molecule has 0 saturated heterocycles. The predicted octanol–water partition coefficient (Wildman–Crippen LogP) is 4.54. The van der Waals surface area contributed by atoms with E-state index in [1.165, 1.54) is 21.3 Å². The minimum absolute atomic E-state index is 0.0142. The number of aromatic nitrogens is 2. The van der Waals surface area contributed by atoms with Gasteiger partial charge in [-0.05, 0) is 30.2 Å². The number of ether oxygens (including phenoxy) is 3. The van der Waals surface area contributed by atoms with Gasteiger partial charge in [-0.3, -0.25) is 4.79 Å². The fraction of sp³-hybridized carbons (Fsp3) is 0.318. The summed E-state index contributed by atoms with van der Waals surface area (Å²) in [4.78, 5) is 17.2. The average molecular weight is 446 g/mol. The molecule has 0 radical (unpaired) electrons. The molecule has 3 aromatic rings. The van der Waals surface area contributed by atoms with E-state index in [0.29, 0.717) is 39.2 Å². The molecule has 8 nitrogen and oxygen atoms in total. The molecule has 1 amide bonds. The van der Waals surface area contributed by atoms with Crippen molar-refractivity contribution >= 4 is 17.5 Å². The lowest BCUT2D eigenvalue weighted by Crippen LogP contribution is -2.32. The molecule has 1 heterocycles. The summed E-state index contributed by atoms with van der Waals surface area (Å²) >= 11 is 6.15. The van der Waals surface area contributed by atoms with Crippen LogP contribution in [0.5, 0.6) is 17.2 Å². The molecule has 1 unspecified atom stereocenters. The number of benzene rings is 2. The molecule has 2 aromatic carbocycles. The average Bonchev–Trinajstić information content (AvgIpc) is 3.26. The first-order valence-corrected chi connectivity index (χ1v) is 9.96. The van der Waals surface area contributed by atoms with Crippen LogP contribution in [0.25, 0.3) is 11.4 Å². The minimum Gasteiger partial charge on any atom is -0.493 e. The van der Waals surface area contributed by atoms with E-state index in [4.69, 9.17) is 30.3 Å². The molecule has 1 aromatic heterocycles. The standard InChI is InChI=1S/C22H24ClN3O5/c1-12(2)18(24-21(27)14-8-6-7-9-15(14)23)22-25-20(26-31-22)13-10-16(28-3)19(30-5)17(11-13)29-4/h6-12,18H,1-5H3,(H,24,27). The second-order valence-corrected chi connectivity index (χ2v) is 7.45. The number of amides is 1. The Bertz CT molecular complexity index is 1040. The second-order valence-electron chi connectivity index (χ2n) is 7.05. The van der Waals surface area contributed by atoms with Crippen molar-refractivity contribution in [1.29, 1.82) is 0 Å². The van der Waals surface area contributed by atoms with Gasteiger partial charge in [0.05, 0.1) is 31.9 Å². The number of methoxy groups -OCH3 is 3. The highest BCUT2D eigenvalue weighted by atomic mass is 35.5. The monoisotopic (exact) mass is 445 g/mol. The van der Waals surface area contributed by atoms with Crippen molar-refractivity contribution in [3.8, 4) is 28.6 Å². The van der Waals surface area contributed by atoms with E-state index in [1.54, 1.807) is 36.4 Å². The summed E-state index contributed by atoms with van der Waals surface area (Å²) in [5, 5.41) is 7.37. The van der Waals surface area contributed by atoms with Gasteiger partial charge in [0.1, 0.15) is 6.04 Å². The van der Waals surface area contributed by atoms with Crippen molar-refractivity contribution in [2.24, 2.45) is 5.92 Å². The lowest BCUT2D eigenvalue weighted by atomic mass is 10.0. The Morgan fingerprint density at radius 3 is 2.26 bits per heavy atom. The van der Waals surface area contributed by atoms with Crippen molar-refractivity contribution in [2.45, 2.75) is 19.9 Å². The molecule has 0 bridgehead atoms. The van der Waals surface area contributed by atoms with Gasteiger partial charge in [0.15, 0.2) is 11.5 Å². The summed E-state index contributed by atoms with van der Waals surface area (Å²) in [5.41, 5.74) is 0.989. The van der Waals surface area contributed by atoms with Crippen LogP contribution in [0.3, 0.4) is 0 Å². The molecule has 1 atom stereocenters. The van der Waals surface area contributed by atoms with Crippen LogP contribution in [-0.4, -0.2) is 37.4 Å². The van der Waals surface area contributed by atoms with Crippen LogP contribution in [0, 0.1) is 5.92 Å². The molecular formula is C22H24ClN3O5. The molecule has 0 fully saturated rings. The molecule has 9 heteroatoms. The zero-order valence-electron chi connectivity index (χ0n) is 17.9. The number of rotatable bonds is 8. The third kappa shape index (κ3) is 4.74. The number of nitrogens with one attached hydrogen (secondary N) is 1. The maximum Gasteiger partial charge on any atom is 0.253 e. The van der Waals surface area contributed by atoms with Crippen LogP contribution in [0.2, 0.25) is 5.02 Å². The van der Waals surface area contributed by atoms with E-state index in [0.717, 1.165) is 0 Å². The number of hydrogen-bond donors (Lipinski definition) is 1. The summed E-state index contributed by atoms with van der Waals surface area (Å²) in [6.07, 6.45) is 0. The minimum atomic E-state index is -0.507. The van der Waals surface area contributed by atoms with Crippen LogP contribution >= 0.6 is 11.6 Å². The molecular weight excluding hydrogens is 422 g/mol. The van der Waals surface area contributed by atoms with Gasteiger partial charge in [-0.25, -0.2) is 0 Å². The van der Waals surface area contributed by atoms with Crippen molar-refractivity contribution in [3.63, 3.8) is 0 Å². The number of nitrogens with zero attached hydrogens (tertiary/aromatic N) is 2. The summed E-state index contributed by atoms with van der Waals surface area (Å²) < 4.78 is 21.6. The summed E-state index contributed by atoms with van der Waals surface area (Å²) in [6, 6.07) is 9.78. The Labute approximate surface area is 185 Å². The SMILES string of the molecule is COc1cc(-c2noc(C(NC(=O)c3ccccc3Cl)C(C)C)n2)cc(OC)c1OC. The summed E-state index contributed by atoms with van der Waals surface area (Å²) in [7, 11) is 4.59. The van der Waals surface area contributed by atoms with Gasteiger partial charge in [0, 0.05) is 5.56 Å². The maximum atomic E-state index is 12.7. The third-order valence-electron chi connectivity index (χ3n) is 4.70. The van der Waals surface area contributed by atoms with Gasteiger partial charge in [0.25, 0.3) is 5.91 Å². The van der Waals surface area contributed by atoms with Crippen LogP contribution in [0.15, 0.2) is 40.9 Å². The molecule has 0 saturated carbocycles. The van der Waals surface area contributed by atoms with Crippen LogP contribution in [0.1, 0.15) is 36.1 Å². The molecule has 3 rings (SSSR count). The Balaban J connectivity index is 1.92. The largest absolute Gasteiger partial charge is 0.493 e. The van der Waals surface area contributed by atoms with Crippen LogP contribution in [0.4, 0.5) is 0 Å². The highest BCUT2D eigenvalue weighted by molar-refractivity contribution is 6.33. The van der Waals surface area contributed by atoms with E-state index >= 15 is 0 Å². The first-order valence-electron chi connectivity index (χ1n) is 9.59. The first kappa shape index (κ1) is 22.4. The van der Waals surface area contributed by atoms with E-state index in [9.17, 15) is 4.79 Å². The molecule has 0 aliphatic heterocycles. The second kappa shape index (κ2) is 9.70. The fourth-order valence-corrected chi connectivity index (χ4v) is 3.29. The third-order valence-corrected chi connectivity index (χ3v) is 5.03. The fourth-order valence-electron chi connectivity index (χ4n) is 3.07. The Morgan fingerprint density at radius 1 is 1.06 bits per heavy atom. The van der Waals surface area contributed by atoms with Crippen molar-refractivity contribution in [3.05, 3.63) is 52.9 Å². The van der Waals surface area contributed by atoms with Gasteiger partial charge >= 0.3 is 0 Å². The number of hydrogen-bond acceptors (Lipinski definition) is 7. The van der Waals surface area contributed by atoms with Gasteiger partial charge in [0.2, 0.25) is 17.5 Å².